The van der Waals surface area contributed by atoms with Gasteiger partial charge in [0.1, 0.15) is 4.32 Å². The Labute approximate surface area is 154 Å². The highest BCUT2D eigenvalue weighted by Gasteiger charge is 2.38. The highest BCUT2D eigenvalue weighted by Crippen LogP contribution is 2.35. The van der Waals surface area contributed by atoms with Gasteiger partial charge in [-0.05, 0) is 29.7 Å². The molecule has 0 bridgehead atoms. The second kappa shape index (κ2) is 7.79. The molecule has 2 rings (SSSR count). The number of carboxylic acids is 1. The van der Waals surface area contributed by atoms with Crippen LogP contribution in [0.4, 0.5) is 0 Å². The number of methoxy groups -OCH3 is 1. The fourth-order valence-electron chi connectivity index (χ4n) is 2.38. The van der Waals surface area contributed by atoms with Crippen molar-refractivity contribution in [2.24, 2.45) is 5.92 Å². The predicted molar refractivity (Wildman–Crippen MR) is 96.4 cm³/mol. The molecule has 1 heterocycles. The third kappa shape index (κ3) is 4.08. The number of thioether (sulfide) groups is 1. The number of carbonyl (C=O) groups is 3. The number of hydrogen-bond donors (Lipinski definition) is 0. The molecule has 25 heavy (non-hydrogen) atoms. The van der Waals surface area contributed by atoms with Gasteiger partial charge in [0.15, 0.2) is 0 Å². The van der Waals surface area contributed by atoms with Gasteiger partial charge < -0.3 is 14.6 Å². The largest absolute Gasteiger partial charge is 0.548 e. The summed E-state index contributed by atoms with van der Waals surface area (Å²) in [5.41, 5.74) is 1.08. The molecule has 1 aromatic carbocycles. The number of carboxylic acid groups (broad SMARTS) is 1. The molecule has 6 nitrogen and oxygen atoms in total. The van der Waals surface area contributed by atoms with Crippen LogP contribution < -0.4 is 5.11 Å². The van der Waals surface area contributed by atoms with E-state index >= 15 is 0 Å². The number of nitrogens with zero attached hydrogens (tertiary/aromatic N) is 1. The molecule has 0 aromatic heterocycles. The maximum Gasteiger partial charge on any atom is 0.337 e. The van der Waals surface area contributed by atoms with Gasteiger partial charge in [-0.15, -0.1) is 0 Å². The van der Waals surface area contributed by atoms with Crippen molar-refractivity contribution in [1.82, 2.24) is 4.90 Å². The predicted octanol–water partition coefficient (Wildman–Crippen LogP) is 1.45. The molecule has 1 aliphatic heterocycles. The Hall–Kier alpha value is -2.19. The third-order valence-corrected chi connectivity index (χ3v) is 4.93. The minimum atomic E-state index is -1.34. The number of amides is 1. The average molecular weight is 378 g/mol. The Morgan fingerprint density at radius 3 is 2.36 bits per heavy atom. The highest BCUT2D eigenvalue weighted by molar-refractivity contribution is 8.26. The first kappa shape index (κ1) is 19.1. The number of carbonyl (C=O) groups excluding carboxylic acids is 3. The van der Waals surface area contributed by atoms with Gasteiger partial charge in [-0.3, -0.25) is 9.69 Å². The summed E-state index contributed by atoms with van der Waals surface area (Å²) in [5.74, 6) is -2.59. The van der Waals surface area contributed by atoms with Gasteiger partial charge in [0.2, 0.25) is 0 Å². The lowest BCUT2D eigenvalue weighted by Crippen LogP contribution is -2.52. The van der Waals surface area contributed by atoms with Crippen LogP contribution in [0, 0.1) is 5.92 Å². The second-order valence-electron chi connectivity index (χ2n) is 5.67. The average Bonchev–Trinajstić information content (AvgIpc) is 2.82. The van der Waals surface area contributed by atoms with Crippen LogP contribution in [-0.4, -0.2) is 40.2 Å². The minimum absolute atomic E-state index is 0.185. The first-order valence-corrected chi connectivity index (χ1v) is 8.65. The Morgan fingerprint density at radius 2 is 1.88 bits per heavy atom. The zero-order chi connectivity index (χ0) is 18.7. The van der Waals surface area contributed by atoms with Crippen LogP contribution in [0.1, 0.15) is 29.8 Å². The number of benzene rings is 1. The van der Waals surface area contributed by atoms with Gasteiger partial charge in [0, 0.05) is 0 Å². The quantitative estimate of drug-likeness (QED) is 0.435. The number of ether oxygens (including phenoxy) is 1. The molecule has 0 unspecified atom stereocenters. The second-order valence-corrected chi connectivity index (χ2v) is 7.35. The molecule has 1 amide bonds. The molecular formula is C17H16NO5S2-. The summed E-state index contributed by atoms with van der Waals surface area (Å²) in [6.07, 6.45) is 1.60. The number of aliphatic carboxylic acids is 1. The zero-order valence-corrected chi connectivity index (χ0v) is 15.5. The molecule has 1 atom stereocenters. The van der Waals surface area contributed by atoms with Crippen molar-refractivity contribution < 1.29 is 24.2 Å². The van der Waals surface area contributed by atoms with E-state index in [1.165, 1.54) is 7.11 Å². The summed E-state index contributed by atoms with van der Waals surface area (Å²) in [6, 6.07) is 5.38. The molecule has 0 N–H and O–H groups in total. The van der Waals surface area contributed by atoms with E-state index in [1.54, 1.807) is 44.2 Å². The molecular weight excluding hydrogens is 362 g/mol. The van der Waals surface area contributed by atoms with Gasteiger partial charge >= 0.3 is 5.97 Å². The van der Waals surface area contributed by atoms with Crippen molar-refractivity contribution >= 4 is 52.2 Å². The molecule has 0 radical (unpaired) electrons. The number of rotatable bonds is 5. The van der Waals surface area contributed by atoms with Crippen molar-refractivity contribution in [2.45, 2.75) is 19.9 Å². The summed E-state index contributed by atoms with van der Waals surface area (Å²) >= 11 is 6.21. The molecule has 0 saturated carbocycles. The zero-order valence-electron chi connectivity index (χ0n) is 13.8. The van der Waals surface area contributed by atoms with Crippen molar-refractivity contribution in [1.29, 1.82) is 0 Å². The SMILES string of the molecule is COC(=O)c1ccc(/C=C2/SC(=S)N([C@H](C(=O)[O-])C(C)C)C2=O)cc1. The van der Waals surface area contributed by atoms with Gasteiger partial charge in [-0.1, -0.05) is 50.0 Å². The normalized spacial score (nSPS) is 17.3. The van der Waals surface area contributed by atoms with Crippen molar-refractivity contribution in [3.8, 4) is 0 Å². The topological polar surface area (TPSA) is 86.7 Å². The van der Waals surface area contributed by atoms with Crippen LogP contribution in [0.3, 0.4) is 0 Å². The first-order chi connectivity index (χ1) is 11.8. The molecule has 1 aliphatic rings. The number of hydrogen-bond acceptors (Lipinski definition) is 7. The van der Waals surface area contributed by atoms with Crippen molar-refractivity contribution in [3.05, 3.63) is 40.3 Å². The van der Waals surface area contributed by atoms with Gasteiger partial charge in [0.25, 0.3) is 5.91 Å². The van der Waals surface area contributed by atoms with Crippen molar-refractivity contribution in [3.63, 3.8) is 0 Å². The minimum Gasteiger partial charge on any atom is -0.548 e. The third-order valence-electron chi connectivity index (χ3n) is 3.60. The lowest BCUT2D eigenvalue weighted by Gasteiger charge is -2.30. The van der Waals surface area contributed by atoms with Gasteiger partial charge in [0.05, 0.1) is 29.6 Å². The van der Waals surface area contributed by atoms with E-state index in [1.807, 2.05) is 0 Å². The van der Waals surface area contributed by atoms with Crippen molar-refractivity contribution in [2.75, 3.05) is 7.11 Å². The lowest BCUT2D eigenvalue weighted by atomic mass is 10.0. The number of esters is 1. The summed E-state index contributed by atoms with van der Waals surface area (Å²) in [5, 5.41) is 11.4. The Bertz CT molecular complexity index is 755. The maximum atomic E-state index is 12.6. The van der Waals surface area contributed by atoms with Crippen LogP contribution >= 0.6 is 24.0 Å². The molecule has 1 aromatic rings. The van der Waals surface area contributed by atoms with Crippen LogP contribution in [0.5, 0.6) is 0 Å². The van der Waals surface area contributed by atoms with E-state index < -0.39 is 23.9 Å². The summed E-state index contributed by atoms with van der Waals surface area (Å²) in [7, 11) is 1.30. The van der Waals surface area contributed by atoms with Gasteiger partial charge in [-0.2, -0.15) is 0 Å². The fourth-order valence-corrected chi connectivity index (χ4v) is 3.71. The van der Waals surface area contributed by atoms with E-state index in [-0.39, 0.29) is 10.2 Å². The van der Waals surface area contributed by atoms with E-state index in [9.17, 15) is 19.5 Å². The van der Waals surface area contributed by atoms with E-state index in [2.05, 4.69) is 4.74 Å². The van der Waals surface area contributed by atoms with E-state index in [0.29, 0.717) is 16.0 Å². The molecule has 0 spiro atoms. The first-order valence-electron chi connectivity index (χ1n) is 7.42. The highest BCUT2D eigenvalue weighted by atomic mass is 32.2. The molecule has 8 heteroatoms. The standard InChI is InChI=1S/C17H17NO5S2/c1-9(2)13(15(20)21)18-14(19)12(25-17(18)24)8-10-4-6-11(7-5-10)16(22)23-3/h4-9,13H,1-3H3,(H,20,21)/p-1/b12-8+/t13-/m0/s1. The smallest absolute Gasteiger partial charge is 0.337 e. The summed E-state index contributed by atoms with van der Waals surface area (Å²) < 4.78 is 4.81. The Morgan fingerprint density at radius 1 is 1.28 bits per heavy atom. The number of thiocarbonyl (C=S) groups is 1. The maximum absolute atomic E-state index is 12.6. The van der Waals surface area contributed by atoms with Crippen LogP contribution in [0.15, 0.2) is 29.2 Å². The molecule has 1 fully saturated rings. The van der Waals surface area contributed by atoms with Crippen LogP contribution in [0.25, 0.3) is 6.08 Å². The molecule has 132 valence electrons. The fraction of sp³-hybridized carbons (Fsp3) is 0.294. The van der Waals surface area contributed by atoms with Gasteiger partial charge in [-0.25, -0.2) is 4.79 Å². The lowest BCUT2D eigenvalue weighted by molar-refractivity contribution is -0.311. The Balaban J connectivity index is 2.28. The van der Waals surface area contributed by atoms with Crippen LogP contribution in [0.2, 0.25) is 0 Å². The van der Waals surface area contributed by atoms with Crippen LogP contribution in [-0.2, 0) is 14.3 Å². The van der Waals surface area contributed by atoms with E-state index in [4.69, 9.17) is 12.2 Å². The monoisotopic (exact) mass is 378 g/mol. The summed E-state index contributed by atoms with van der Waals surface area (Å²) in [4.78, 5) is 36.8. The van der Waals surface area contributed by atoms with E-state index in [0.717, 1.165) is 16.7 Å². The molecule has 0 aliphatic carbocycles. The molecule has 1 saturated heterocycles. The summed E-state index contributed by atoms with van der Waals surface area (Å²) in [6.45, 7) is 3.38. The Kier molecular flexibility index (Phi) is 5.97.